The molecule has 1 heterocycles. The monoisotopic (exact) mass is 297 g/mol. The fourth-order valence-electron chi connectivity index (χ4n) is 3.32. The van der Waals surface area contributed by atoms with Gasteiger partial charge in [-0.1, -0.05) is 6.92 Å². The van der Waals surface area contributed by atoms with Gasteiger partial charge in [-0.2, -0.15) is 0 Å². The van der Waals surface area contributed by atoms with Crippen LogP contribution < -0.4 is 10.6 Å². The molecule has 1 atom stereocenters. The molecule has 2 aliphatic rings. The fraction of sp³-hybridized carbons (Fsp3) is 0.867. The van der Waals surface area contributed by atoms with Gasteiger partial charge in [-0.05, 0) is 51.6 Å². The molecule has 3 N–H and O–H groups in total. The standard InChI is InChI=1S/C15H27N3O3/c1-11-3-6-15(7-4-11,13(19)20)10-16-14(21)17-12-5-8-18(2)9-12/h11-12H,3-10H2,1-2H3,(H,19,20)(H2,16,17,21). The topological polar surface area (TPSA) is 81.7 Å². The lowest BCUT2D eigenvalue weighted by Gasteiger charge is -2.35. The van der Waals surface area contributed by atoms with Crippen LogP contribution in [0.5, 0.6) is 0 Å². The van der Waals surface area contributed by atoms with E-state index in [0.717, 1.165) is 32.4 Å². The van der Waals surface area contributed by atoms with E-state index in [1.54, 1.807) is 0 Å². The summed E-state index contributed by atoms with van der Waals surface area (Å²) >= 11 is 0. The van der Waals surface area contributed by atoms with Gasteiger partial charge in [0.2, 0.25) is 0 Å². The number of hydrogen-bond acceptors (Lipinski definition) is 3. The van der Waals surface area contributed by atoms with E-state index in [-0.39, 0.29) is 18.6 Å². The van der Waals surface area contributed by atoms with Gasteiger partial charge >= 0.3 is 12.0 Å². The summed E-state index contributed by atoms with van der Waals surface area (Å²) in [6.45, 7) is 4.23. The zero-order chi connectivity index (χ0) is 15.5. The number of carboxylic acids is 1. The number of amides is 2. The Morgan fingerprint density at radius 2 is 1.95 bits per heavy atom. The van der Waals surface area contributed by atoms with Crippen LogP contribution in [0.3, 0.4) is 0 Å². The van der Waals surface area contributed by atoms with E-state index >= 15 is 0 Å². The lowest BCUT2D eigenvalue weighted by Crippen LogP contribution is -2.50. The number of carboxylic acid groups (broad SMARTS) is 1. The highest BCUT2D eigenvalue weighted by atomic mass is 16.4. The SMILES string of the molecule is CC1CCC(CNC(=O)NC2CCN(C)C2)(C(=O)O)CC1. The number of hydrogen-bond donors (Lipinski definition) is 3. The van der Waals surface area contributed by atoms with Gasteiger partial charge in [0.1, 0.15) is 0 Å². The second-order valence-electron chi connectivity index (χ2n) is 6.84. The molecule has 0 bridgehead atoms. The van der Waals surface area contributed by atoms with Crippen LogP contribution in [-0.4, -0.2) is 54.7 Å². The van der Waals surface area contributed by atoms with E-state index in [1.807, 2.05) is 7.05 Å². The molecule has 0 spiro atoms. The average Bonchev–Trinajstić information content (AvgIpc) is 2.83. The largest absolute Gasteiger partial charge is 0.481 e. The molecule has 0 aromatic carbocycles. The normalized spacial score (nSPS) is 33.6. The number of carbonyl (C=O) groups is 2. The van der Waals surface area contributed by atoms with Gasteiger partial charge in [0.05, 0.1) is 5.41 Å². The second-order valence-corrected chi connectivity index (χ2v) is 6.84. The first-order valence-corrected chi connectivity index (χ1v) is 7.87. The minimum absolute atomic E-state index is 0.169. The summed E-state index contributed by atoms with van der Waals surface area (Å²) in [5, 5.41) is 15.2. The number of likely N-dealkylation sites (N-methyl/N-ethyl adjacent to an activating group) is 1. The number of likely N-dealkylation sites (tertiary alicyclic amines) is 1. The molecule has 1 aliphatic carbocycles. The minimum atomic E-state index is -0.782. The van der Waals surface area contributed by atoms with Crippen molar-refractivity contribution in [1.82, 2.24) is 15.5 Å². The molecule has 1 saturated heterocycles. The Bertz CT molecular complexity index is 392. The van der Waals surface area contributed by atoms with E-state index in [0.29, 0.717) is 18.8 Å². The van der Waals surface area contributed by atoms with Gasteiger partial charge in [-0.3, -0.25) is 4.79 Å². The Hall–Kier alpha value is -1.30. The van der Waals surface area contributed by atoms with Gasteiger partial charge in [0.25, 0.3) is 0 Å². The predicted molar refractivity (Wildman–Crippen MR) is 80.1 cm³/mol. The molecule has 2 rings (SSSR count). The summed E-state index contributed by atoms with van der Waals surface area (Å²) in [6, 6.07) is -0.0725. The van der Waals surface area contributed by atoms with Crippen LogP contribution in [0.2, 0.25) is 0 Å². The predicted octanol–water partition coefficient (Wildman–Crippen LogP) is 1.27. The Morgan fingerprint density at radius 1 is 1.29 bits per heavy atom. The molecule has 1 saturated carbocycles. The van der Waals surface area contributed by atoms with Gasteiger partial charge in [0, 0.05) is 19.1 Å². The Kier molecular flexibility index (Phi) is 5.08. The van der Waals surface area contributed by atoms with E-state index in [1.165, 1.54) is 0 Å². The molecule has 6 heteroatoms. The van der Waals surface area contributed by atoms with E-state index in [9.17, 15) is 14.7 Å². The summed E-state index contributed by atoms with van der Waals surface area (Å²) in [4.78, 5) is 25.7. The highest BCUT2D eigenvalue weighted by Gasteiger charge is 2.41. The summed E-state index contributed by atoms with van der Waals surface area (Å²) in [7, 11) is 2.03. The lowest BCUT2D eigenvalue weighted by molar-refractivity contribution is -0.151. The number of rotatable bonds is 4. The maximum absolute atomic E-state index is 11.9. The molecule has 2 amide bonds. The van der Waals surface area contributed by atoms with Gasteiger partial charge in [0.15, 0.2) is 0 Å². The number of nitrogens with one attached hydrogen (secondary N) is 2. The molecule has 120 valence electrons. The van der Waals surface area contributed by atoms with Crippen LogP contribution >= 0.6 is 0 Å². The van der Waals surface area contributed by atoms with Gasteiger partial charge in [-0.15, -0.1) is 0 Å². The summed E-state index contributed by atoms with van der Waals surface area (Å²) < 4.78 is 0. The maximum Gasteiger partial charge on any atom is 0.315 e. The smallest absolute Gasteiger partial charge is 0.315 e. The number of carbonyl (C=O) groups excluding carboxylic acids is 1. The number of urea groups is 1. The van der Waals surface area contributed by atoms with Crippen molar-refractivity contribution < 1.29 is 14.7 Å². The molecule has 0 aromatic heterocycles. The van der Waals surface area contributed by atoms with Crippen LogP contribution in [0.1, 0.15) is 39.0 Å². The quantitative estimate of drug-likeness (QED) is 0.730. The summed E-state index contributed by atoms with van der Waals surface area (Å²) in [6.07, 6.45) is 4.09. The first-order valence-electron chi connectivity index (χ1n) is 7.87. The van der Waals surface area contributed by atoms with Crippen LogP contribution in [-0.2, 0) is 4.79 Å². The van der Waals surface area contributed by atoms with E-state index in [2.05, 4.69) is 22.5 Å². The molecule has 1 unspecified atom stereocenters. The van der Waals surface area contributed by atoms with Crippen LogP contribution in [0.25, 0.3) is 0 Å². The third kappa shape index (κ3) is 4.09. The first kappa shape index (κ1) is 16.1. The van der Waals surface area contributed by atoms with Crippen molar-refractivity contribution in [3.8, 4) is 0 Å². The number of nitrogens with zero attached hydrogens (tertiary/aromatic N) is 1. The highest BCUT2D eigenvalue weighted by molar-refractivity contribution is 5.78. The Balaban J connectivity index is 1.81. The van der Waals surface area contributed by atoms with Crippen molar-refractivity contribution in [3.05, 3.63) is 0 Å². The fourth-order valence-corrected chi connectivity index (χ4v) is 3.32. The average molecular weight is 297 g/mol. The zero-order valence-electron chi connectivity index (χ0n) is 13.0. The summed E-state index contributed by atoms with van der Waals surface area (Å²) in [5.74, 6) is -0.198. The van der Waals surface area contributed by atoms with Crippen molar-refractivity contribution in [2.75, 3.05) is 26.7 Å². The van der Waals surface area contributed by atoms with Gasteiger partial charge in [-0.25, -0.2) is 4.79 Å². The molecular formula is C15H27N3O3. The second kappa shape index (κ2) is 6.64. The van der Waals surface area contributed by atoms with Crippen molar-refractivity contribution in [1.29, 1.82) is 0 Å². The van der Waals surface area contributed by atoms with Crippen LogP contribution in [0, 0.1) is 11.3 Å². The molecular weight excluding hydrogens is 270 g/mol. The first-order chi connectivity index (χ1) is 9.91. The Morgan fingerprint density at radius 3 is 2.48 bits per heavy atom. The number of aliphatic carboxylic acids is 1. The molecule has 6 nitrogen and oxygen atoms in total. The third-order valence-corrected chi connectivity index (χ3v) is 5.00. The molecule has 0 radical (unpaired) electrons. The van der Waals surface area contributed by atoms with Crippen LogP contribution in [0.15, 0.2) is 0 Å². The molecule has 0 aromatic rings. The summed E-state index contributed by atoms with van der Waals surface area (Å²) in [5.41, 5.74) is -0.781. The zero-order valence-corrected chi connectivity index (χ0v) is 13.0. The van der Waals surface area contributed by atoms with Crippen LogP contribution in [0.4, 0.5) is 4.79 Å². The minimum Gasteiger partial charge on any atom is -0.481 e. The molecule has 1 aliphatic heterocycles. The molecule has 2 fully saturated rings. The van der Waals surface area contributed by atoms with E-state index < -0.39 is 11.4 Å². The van der Waals surface area contributed by atoms with Crippen molar-refractivity contribution >= 4 is 12.0 Å². The van der Waals surface area contributed by atoms with Crippen molar-refractivity contribution in [2.45, 2.75) is 45.1 Å². The highest BCUT2D eigenvalue weighted by Crippen LogP contribution is 2.38. The Labute approximate surface area is 126 Å². The van der Waals surface area contributed by atoms with E-state index in [4.69, 9.17) is 0 Å². The lowest BCUT2D eigenvalue weighted by atomic mass is 9.71. The third-order valence-electron chi connectivity index (χ3n) is 5.00. The van der Waals surface area contributed by atoms with Gasteiger partial charge < -0.3 is 20.6 Å². The van der Waals surface area contributed by atoms with Crippen molar-refractivity contribution in [3.63, 3.8) is 0 Å². The van der Waals surface area contributed by atoms with Crippen molar-refractivity contribution in [2.24, 2.45) is 11.3 Å². The maximum atomic E-state index is 11.9. The molecule has 21 heavy (non-hydrogen) atoms.